The molecular weight excluding hydrogens is 302 g/mol. The number of amides is 1. The van der Waals surface area contributed by atoms with Gasteiger partial charge in [-0.3, -0.25) is 4.79 Å². The van der Waals surface area contributed by atoms with Crippen LogP contribution in [0.5, 0.6) is 0 Å². The Hall–Kier alpha value is -2.09. The van der Waals surface area contributed by atoms with E-state index in [1.54, 1.807) is 33.8 Å². The number of carbonyl (C=O) groups excluding carboxylic acids is 1. The number of ether oxygens (including phenoxy) is 1. The van der Waals surface area contributed by atoms with E-state index in [2.05, 4.69) is 10.5 Å². The van der Waals surface area contributed by atoms with Crippen LogP contribution < -0.4 is 5.32 Å². The van der Waals surface area contributed by atoms with Crippen LogP contribution in [0.15, 0.2) is 10.6 Å². The van der Waals surface area contributed by atoms with Crippen molar-refractivity contribution in [2.75, 3.05) is 13.1 Å². The largest absolute Gasteiger partial charge is 0.481 e. The first kappa shape index (κ1) is 17.3. The second kappa shape index (κ2) is 6.19. The smallest absolute Gasteiger partial charge is 0.410 e. The molecule has 8 nitrogen and oxygen atoms in total. The molecule has 1 aromatic heterocycles. The number of hydrogen-bond acceptors (Lipinski definition) is 6. The first-order valence-corrected chi connectivity index (χ1v) is 7.46. The molecule has 1 aliphatic heterocycles. The maximum Gasteiger partial charge on any atom is 0.410 e. The fraction of sp³-hybridized carbons (Fsp3) is 0.667. The van der Waals surface area contributed by atoms with Gasteiger partial charge in [0.2, 0.25) is 0 Å². The highest BCUT2D eigenvalue weighted by molar-refractivity contribution is 5.73. The molecule has 0 aliphatic carbocycles. The van der Waals surface area contributed by atoms with Gasteiger partial charge in [0.25, 0.3) is 0 Å². The Morgan fingerprint density at radius 3 is 2.61 bits per heavy atom. The van der Waals surface area contributed by atoms with Crippen LogP contribution in [0.25, 0.3) is 0 Å². The van der Waals surface area contributed by atoms with Crippen molar-refractivity contribution in [3.63, 3.8) is 0 Å². The van der Waals surface area contributed by atoms with E-state index in [0.717, 1.165) is 0 Å². The van der Waals surface area contributed by atoms with Gasteiger partial charge >= 0.3 is 12.1 Å². The van der Waals surface area contributed by atoms with Gasteiger partial charge in [-0.1, -0.05) is 5.16 Å². The third-order valence-corrected chi connectivity index (χ3v) is 3.45. The summed E-state index contributed by atoms with van der Waals surface area (Å²) >= 11 is 0. The fourth-order valence-electron chi connectivity index (χ4n) is 2.49. The van der Waals surface area contributed by atoms with Gasteiger partial charge in [0.15, 0.2) is 0 Å². The number of aliphatic carboxylic acids is 1. The lowest BCUT2D eigenvalue weighted by Crippen LogP contribution is -2.71. The summed E-state index contributed by atoms with van der Waals surface area (Å²) in [6.45, 7) is 8.11. The molecule has 0 spiro atoms. The highest BCUT2D eigenvalue weighted by atomic mass is 16.6. The maximum absolute atomic E-state index is 12.0. The van der Waals surface area contributed by atoms with Crippen LogP contribution in [0.4, 0.5) is 4.79 Å². The van der Waals surface area contributed by atoms with Crippen molar-refractivity contribution >= 4 is 12.1 Å². The van der Waals surface area contributed by atoms with Crippen LogP contribution in [-0.4, -0.2) is 51.5 Å². The molecule has 2 N–H and O–H groups in total. The van der Waals surface area contributed by atoms with Crippen LogP contribution >= 0.6 is 0 Å². The molecule has 8 heteroatoms. The third-order valence-electron chi connectivity index (χ3n) is 3.45. The minimum Gasteiger partial charge on any atom is -0.481 e. The van der Waals surface area contributed by atoms with Gasteiger partial charge in [-0.2, -0.15) is 0 Å². The van der Waals surface area contributed by atoms with Crippen molar-refractivity contribution in [3.05, 3.63) is 17.5 Å². The quantitative estimate of drug-likeness (QED) is 0.846. The lowest BCUT2D eigenvalue weighted by Gasteiger charge is -2.49. The van der Waals surface area contributed by atoms with Crippen molar-refractivity contribution in [2.45, 2.75) is 51.8 Å². The molecule has 0 atom stereocenters. The van der Waals surface area contributed by atoms with Gasteiger partial charge in [0, 0.05) is 25.7 Å². The molecule has 1 fully saturated rings. The van der Waals surface area contributed by atoms with E-state index in [4.69, 9.17) is 14.4 Å². The van der Waals surface area contributed by atoms with Gasteiger partial charge in [-0.05, 0) is 27.7 Å². The first-order valence-electron chi connectivity index (χ1n) is 7.46. The van der Waals surface area contributed by atoms with Crippen LogP contribution in [0, 0.1) is 6.92 Å². The van der Waals surface area contributed by atoms with Crippen molar-refractivity contribution < 1.29 is 24.0 Å². The van der Waals surface area contributed by atoms with Crippen molar-refractivity contribution in [3.8, 4) is 0 Å². The molecule has 0 unspecified atom stereocenters. The van der Waals surface area contributed by atoms with E-state index in [-0.39, 0.29) is 19.5 Å². The molecule has 23 heavy (non-hydrogen) atoms. The second-order valence-corrected chi connectivity index (χ2v) is 6.97. The lowest BCUT2D eigenvalue weighted by atomic mass is 9.86. The van der Waals surface area contributed by atoms with Gasteiger partial charge in [0.1, 0.15) is 11.4 Å². The summed E-state index contributed by atoms with van der Waals surface area (Å²) in [4.78, 5) is 24.6. The maximum atomic E-state index is 12.0. The van der Waals surface area contributed by atoms with Gasteiger partial charge in [-0.25, -0.2) is 4.79 Å². The van der Waals surface area contributed by atoms with Gasteiger partial charge < -0.3 is 24.6 Å². The monoisotopic (exact) mass is 325 g/mol. The SMILES string of the molecule is Cc1cc(CNC2(CC(=O)O)CN(C(=O)OC(C)(C)C)C2)no1. The van der Waals surface area contributed by atoms with Gasteiger partial charge in [-0.15, -0.1) is 0 Å². The zero-order valence-corrected chi connectivity index (χ0v) is 13.9. The number of nitrogens with one attached hydrogen (secondary N) is 1. The van der Waals surface area contributed by atoms with Crippen LogP contribution in [0.3, 0.4) is 0 Å². The Kier molecular flexibility index (Phi) is 4.65. The highest BCUT2D eigenvalue weighted by Crippen LogP contribution is 2.27. The molecule has 1 saturated heterocycles. The van der Waals surface area contributed by atoms with Crippen molar-refractivity contribution in [1.82, 2.24) is 15.4 Å². The molecule has 1 amide bonds. The molecule has 0 saturated carbocycles. The molecule has 0 aromatic carbocycles. The predicted octanol–water partition coefficient (Wildman–Crippen LogP) is 1.54. The van der Waals surface area contributed by atoms with Crippen molar-refractivity contribution in [1.29, 1.82) is 0 Å². The molecule has 1 aromatic rings. The number of carboxylic acids is 1. The minimum atomic E-state index is -0.919. The number of likely N-dealkylation sites (tertiary alicyclic amines) is 1. The van der Waals surface area contributed by atoms with Crippen LogP contribution in [-0.2, 0) is 16.1 Å². The molecule has 2 rings (SSSR count). The lowest BCUT2D eigenvalue weighted by molar-refractivity contribution is -0.141. The van der Waals surface area contributed by atoms with Crippen LogP contribution in [0.2, 0.25) is 0 Å². The number of aromatic nitrogens is 1. The fourth-order valence-corrected chi connectivity index (χ4v) is 2.49. The summed E-state index contributed by atoms with van der Waals surface area (Å²) in [5, 5.41) is 16.2. The van der Waals surface area contributed by atoms with E-state index in [1.165, 1.54) is 4.90 Å². The predicted molar refractivity (Wildman–Crippen MR) is 80.9 cm³/mol. The summed E-state index contributed by atoms with van der Waals surface area (Å²) in [6.07, 6.45) is -0.513. The molecular formula is C15H23N3O5. The second-order valence-electron chi connectivity index (χ2n) is 6.97. The average Bonchev–Trinajstić information content (AvgIpc) is 2.75. The summed E-state index contributed by atoms with van der Waals surface area (Å²) in [5.74, 6) is -0.226. The number of nitrogens with zero attached hydrogens (tertiary/aromatic N) is 2. The first-order chi connectivity index (χ1) is 10.6. The van der Waals surface area contributed by atoms with Gasteiger partial charge in [0.05, 0.1) is 17.7 Å². The normalized spacial score (nSPS) is 16.8. The van der Waals surface area contributed by atoms with Crippen LogP contribution in [0.1, 0.15) is 38.6 Å². The Morgan fingerprint density at radius 2 is 2.13 bits per heavy atom. The summed E-state index contributed by atoms with van der Waals surface area (Å²) < 4.78 is 10.3. The Balaban J connectivity index is 1.94. The molecule has 0 radical (unpaired) electrons. The molecule has 0 bridgehead atoms. The highest BCUT2D eigenvalue weighted by Gasteiger charge is 2.47. The van der Waals surface area contributed by atoms with E-state index < -0.39 is 23.2 Å². The van der Waals surface area contributed by atoms with Crippen molar-refractivity contribution in [2.24, 2.45) is 0 Å². The number of carboxylic acid groups (broad SMARTS) is 1. The standard InChI is InChI=1S/C15H23N3O5/c1-10-5-11(17-23-10)7-16-15(6-12(19)20)8-18(9-15)13(21)22-14(2,3)4/h5,16H,6-9H2,1-4H3,(H,19,20). The molecule has 2 heterocycles. The topological polar surface area (TPSA) is 105 Å². The Morgan fingerprint density at radius 1 is 1.48 bits per heavy atom. The van der Waals surface area contributed by atoms with E-state index in [9.17, 15) is 9.59 Å². The zero-order chi connectivity index (χ0) is 17.3. The molecule has 128 valence electrons. The number of aryl methyl sites for hydroxylation is 1. The Bertz CT molecular complexity index is 584. The minimum absolute atomic E-state index is 0.0802. The summed E-state index contributed by atoms with van der Waals surface area (Å²) in [6, 6.07) is 1.78. The number of hydrogen-bond donors (Lipinski definition) is 2. The Labute approximate surface area is 134 Å². The third kappa shape index (κ3) is 4.69. The summed E-state index contributed by atoms with van der Waals surface area (Å²) in [5.41, 5.74) is -0.549. The molecule has 1 aliphatic rings. The summed E-state index contributed by atoms with van der Waals surface area (Å²) in [7, 11) is 0. The van der Waals surface area contributed by atoms with E-state index in [0.29, 0.717) is 18.0 Å². The van der Waals surface area contributed by atoms with E-state index >= 15 is 0 Å². The zero-order valence-electron chi connectivity index (χ0n) is 13.9. The van der Waals surface area contributed by atoms with E-state index in [1.807, 2.05) is 0 Å². The number of carbonyl (C=O) groups is 2. The number of rotatable bonds is 5. The average molecular weight is 325 g/mol.